The molecule has 4 aromatic rings. The van der Waals surface area contributed by atoms with E-state index in [2.05, 4.69) is 10.6 Å². The Labute approximate surface area is 437 Å². The number of hydrogen-bond donors (Lipinski definition) is 3. The molecule has 0 unspecified atom stereocenters. The van der Waals surface area contributed by atoms with E-state index in [0.29, 0.717) is 71.1 Å². The van der Waals surface area contributed by atoms with E-state index in [9.17, 15) is 53.1 Å². The topological polar surface area (TPSA) is 258 Å². The molecule has 8 rings (SSSR count). The molecule has 2 aromatic carbocycles. The summed E-state index contributed by atoms with van der Waals surface area (Å²) in [7, 11) is 1.63. The molecule has 0 saturated carbocycles. The second-order valence-electron chi connectivity index (χ2n) is 19.8. The summed E-state index contributed by atoms with van der Waals surface area (Å²) < 4.78 is 27.9. The quantitative estimate of drug-likeness (QED) is 0.0427. The molecule has 3 N–H and O–H groups in total. The lowest BCUT2D eigenvalue weighted by Crippen LogP contribution is -2.44. The van der Waals surface area contributed by atoms with E-state index in [0.717, 1.165) is 16.0 Å². The van der Waals surface area contributed by atoms with Crippen molar-refractivity contribution in [3.63, 3.8) is 0 Å². The van der Waals surface area contributed by atoms with E-state index in [1.54, 1.807) is 51.2 Å². The number of fused-ring (bicyclic) bond motifs is 5. The van der Waals surface area contributed by atoms with Gasteiger partial charge in [-0.15, -0.1) is 0 Å². The van der Waals surface area contributed by atoms with Crippen molar-refractivity contribution in [2.45, 2.75) is 116 Å². The summed E-state index contributed by atoms with van der Waals surface area (Å²) in [6.45, 7) is 2.08. The van der Waals surface area contributed by atoms with Crippen LogP contribution in [-0.2, 0) is 84.2 Å². The number of hydrogen-bond acceptors (Lipinski definition) is 14. The average molecular weight is 1050 g/mol. The van der Waals surface area contributed by atoms with Crippen LogP contribution in [0.2, 0.25) is 0 Å². The first-order valence-electron chi connectivity index (χ1n) is 25.7. The van der Waals surface area contributed by atoms with Crippen molar-refractivity contribution in [1.82, 2.24) is 30.0 Å². The smallest absolute Gasteiger partial charge is 0.343 e. The van der Waals surface area contributed by atoms with Crippen molar-refractivity contribution in [2.24, 2.45) is 5.92 Å². The summed E-state index contributed by atoms with van der Waals surface area (Å²) in [5, 5.41) is 17.2. The third kappa shape index (κ3) is 11.6. The van der Waals surface area contributed by atoms with Gasteiger partial charge in [0.1, 0.15) is 24.8 Å². The predicted molar refractivity (Wildman–Crippen MR) is 271 cm³/mol. The number of aromatic nitrogens is 2. The van der Waals surface area contributed by atoms with E-state index in [1.807, 2.05) is 6.07 Å². The number of esters is 1. The molecule has 0 radical (unpaired) electrons. The van der Waals surface area contributed by atoms with E-state index >= 15 is 4.39 Å². The third-order valence-electron chi connectivity index (χ3n) is 14.9. The number of nitrogens with one attached hydrogen (secondary N) is 2. The van der Waals surface area contributed by atoms with Crippen molar-refractivity contribution >= 4 is 63.8 Å². The van der Waals surface area contributed by atoms with E-state index in [-0.39, 0.29) is 119 Å². The van der Waals surface area contributed by atoms with Crippen LogP contribution in [0.4, 0.5) is 4.39 Å². The molecule has 0 saturated heterocycles. The summed E-state index contributed by atoms with van der Waals surface area (Å²) in [4.78, 5) is 136. The first-order chi connectivity index (χ1) is 36.4. The molecular weight excluding hydrogens is 984 g/mol. The maximum absolute atomic E-state index is 15.5. The molecule has 2 aromatic heterocycles. The number of rotatable bonds is 25. The molecule has 3 aliphatic heterocycles. The SMILES string of the molecule is CC[C@@]1(O)C(=O)OCc2c1cc1n(c2=O)Cc2c-1nc1cc(F)c(C)c3c1c2[C@@H](N(C)C(=O)COCCC(=O)CNC(=O)[C@@H](CC(=O)CNC(=O)CCC(=O)CCCCCN1C(=O)C=CC1=O)Cc1ccccc1)CC3. The molecule has 400 valence electrons. The molecule has 5 amide bonds. The lowest BCUT2D eigenvalue weighted by atomic mass is 9.81. The van der Waals surface area contributed by atoms with Crippen LogP contribution < -0.4 is 16.2 Å². The molecule has 5 heterocycles. The van der Waals surface area contributed by atoms with Crippen LogP contribution in [-0.4, -0.2) is 117 Å². The number of imide groups is 1. The molecule has 0 bridgehead atoms. The highest BCUT2D eigenvalue weighted by Crippen LogP contribution is 2.47. The van der Waals surface area contributed by atoms with Crippen molar-refractivity contribution in [1.29, 1.82) is 0 Å². The van der Waals surface area contributed by atoms with Crippen molar-refractivity contribution in [3.05, 3.63) is 110 Å². The van der Waals surface area contributed by atoms with Gasteiger partial charge in [0.05, 0.1) is 54.8 Å². The fraction of sp³-hybridized carbons (Fsp3) is 0.446. The van der Waals surface area contributed by atoms with Crippen molar-refractivity contribution in [2.75, 3.05) is 39.9 Å². The minimum atomic E-state index is -2.05. The van der Waals surface area contributed by atoms with Crippen LogP contribution in [0.15, 0.2) is 59.4 Å². The Bertz CT molecular complexity index is 3120. The van der Waals surface area contributed by atoms with Gasteiger partial charge in [0.15, 0.2) is 17.2 Å². The van der Waals surface area contributed by atoms with Gasteiger partial charge in [-0.1, -0.05) is 43.7 Å². The number of cyclic esters (lactones) is 1. The number of carbonyl (C=O) groups excluding carboxylic acids is 9. The zero-order valence-electron chi connectivity index (χ0n) is 42.8. The molecule has 0 spiro atoms. The Morgan fingerprint density at radius 2 is 1.64 bits per heavy atom. The van der Waals surface area contributed by atoms with Crippen LogP contribution >= 0.6 is 0 Å². The highest BCUT2D eigenvalue weighted by atomic mass is 19.1. The minimum absolute atomic E-state index is 0.0193. The fourth-order valence-electron chi connectivity index (χ4n) is 10.5. The summed E-state index contributed by atoms with van der Waals surface area (Å²) >= 11 is 0. The first-order valence-corrected chi connectivity index (χ1v) is 25.7. The van der Waals surface area contributed by atoms with E-state index < -0.39 is 65.0 Å². The van der Waals surface area contributed by atoms with Crippen molar-refractivity contribution in [3.8, 4) is 11.4 Å². The van der Waals surface area contributed by atoms with E-state index in [1.165, 1.54) is 27.7 Å². The lowest BCUT2D eigenvalue weighted by Gasteiger charge is -2.35. The number of unbranched alkanes of at least 4 members (excludes halogenated alkanes) is 2. The number of benzene rings is 2. The number of likely N-dealkylation sites (N-methyl/N-ethyl adjacent to an activating group) is 1. The van der Waals surface area contributed by atoms with Crippen LogP contribution in [0.25, 0.3) is 22.3 Å². The largest absolute Gasteiger partial charge is 0.458 e. The number of aryl methyl sites for hydroxylation is 1. The highest BCUT2D eigenvalue weighted by molar-refractivity contribution is 6.12. The first kappa shape index (κ1) is 54.7. The second-order valence-corrected chi connectivity index (χ2v) is 19.8. The van der Waals surface area contributed by atoms with Gasteiger partial charge in [-0.3, -0.25) is 48.1 Å². The number of ketones is 3. The van der Waals surface area contributed by atoms with Gasteiger partial charge in [0.2, 0.25) is 17.7 Å². The zero-order chi connectivity index (χ0) is 54.4. The lowest BCUT2D eigenvalue weighted by molar-refractivity contribution is -0.172. The molecule has 1 aliphatic carbocycles. The van der Waals surface area contributed by atoms with Crippen LogP contribution in [0, 0.1) is 18.7 Å². The maximum atomic E-state index is 15.5. The maximum Gasteiger partial charge on any atom is 0.343 e. The normalized spacial score (nSPS) is 17.5. The summed E-state index contributed by atoms with van der Waals surface area (Å²) in [6.07, 6.45) is 4.86. The fourth-order valence-corrected chi connectivity index (χ4v) is 10.5. The number of Topliss-reactive ketones (excluding diaryl/α,β-unsaturated/α-hetero) is 3. The molecule has 19 nitrogen and oxygen atoms in total. The monoisotopic (exact) mass is 1040 g/mol. The number of carbonyl (C=O) groups is 9. The number of ether oxygens (including phenoxy) is 2. The van der Waals surface area contributed by atoms with E-state index in [4.69, 9.17) is 14.5 Å². The molecule has 3 atom stereocenters. The number of amides is 5. The molecular formula is C56H61FN6O13. The Balaban J connectivity index is 0.818. The summed E-state index contributed by atoms with van der Waals surface area (Å²) in [5.74, 6) is -5.28. The highest BCUT2D eigenvalue weighted by Gasteiger charge is 2.46. The molecule has 4 aliphatic rings. The Morgan fingerprint density at radius 1 is 0.908 bits per heavy atom. The zero-order valence-corrected chi connectivity index (χ0v) is 42.8. The van der Waals surface area contributed by atoms with Gasteiger partial charge in [0.25, 0.3) is 17.4 Å². The molecule has 76 heavy (non-hydrogen) atoms. The van der Waals surface area contributed by atoms with Gasteiger partial charge in [0, 0.05) is 86.3 Å². The number of pyridine rings is 2. The second kappa shape index (κ2) is 23.5. The van der Waals surface area contributed by atoms with Gasteiger partial charge in [-0.25, -0.2) is 14.2 Å². The molecule has 20 heteroatoms. The molecule has 0 fully saturated rings. The van der Waals surface area contributed by atoms with Crippen molar-refractivity contribution < 1.29 is 62.1 Å². The van der Waals surface area contributed by atoms with Gasteiger partial charge < -0.3 is 34.7 Å². The standard InChI is InChI=1S/C56H61FN6O13/c1-4-56(74)41-25-45-52-39(29-63(45)54(72)40(41)30-76-55(56)73)51-44(16-15-38-32(2)42(57)26-43(60-52)50(38)51)61(3)49(70)31-75-22-20-36(65)27-59-53(71)34(23-33-11-7-5-8-12-33)24-37(66)28-58-46(67)17-14-35(64)13-9-6-10-21-62-47(68)18-19-48(62)69/h5,7-8,11-12,18-19,25-26,34,44,74H,4,6,9-10,13-17,20-24,27-31H2,1-3H3,(H,58,67)(H,59,71)/t34-,44+,56+/m1/s1. The Morgan fingerprint density at radius 3 is 2.38 bits per heavy atom. The summed E-state index contributed by atoms with van der Waals surface area (Å²) in [6, 6.07) is 11.4. The minimum Gasteiger partial charge on any atom is -0.458 e. The Hall–Kier alpha value is -7.58. The Kier molecular flexibility index (Phi) is 16.9. The van der Waals surface area contributed by atoms with Gasteiger partial charge in [-0.05, 0) is 73.8 Å². The predicted octanol–water partition coefficient (Wildman–Crippen LogP) is 3.83. The van der Waals surface area contributed by atoms with Crippen LogP contribution in [0.1, 0.15) is 116 Å². The van der Waals surface area contributed by atoms with Gasteiger partial charge >= 0.3 is 5.97 Å². The number of aliphatic hydroxyl groups is 1. The van der Waals surface area contributed by atoms with Crippen LogP contribution in [0.3, 0.4) is 0 Å². The number of halogens is 1. The summed E-state index contributed by atoms with van der Waals surface area (Å²) in [5.41, 5.74) is 2.19. The average Bonchev–Trinajstić information content (AvgIpc) is 4.05. The van der Waals surface area contributed by atoms with Gasteiger partial charge in [-0.2, -0.15) is 0 Å². The third-order valence-corrected chi connectivity index (χ3v) is 14.9. The number of nitrogens with zero attached hydrogens (tertiary/aromatic N) is 4. The van der Waals surface area contributed by atoms with Crippen LogP contribution in [0.5, 0.6) is 0 Å².